The van der Waals surface area contributed by atoms with E-state index in [9.17, 15) is 4.79 Å². The minimum Gasteiger partial charge on any atom is -0.345 e. The van der Waals surface area contributed by atoms with Crippen molar-refractivity contribution in [3.05, 3.63) is 83.2 Å². The van der Waals surface area contributed by atoms with Crippen molar-refractivity contribution in [1.82, 2.24) is 5.32 Å². The fourth-order valence-electron chi connectivity index (χ4n) is 1.94. The maximum absolute atomic E-state index is 12.0. The predicted octanol–water partition coefficient (Wildman–Crippen LogP) is 2.83. The third-order valence-electron chi connectivity index (χ3n) is 3.04. The molecule has 0 radical (unpaired) electrons. The van der Waals surface area contributed by atoms with E-state index in [0.29, 0.717) is 13.0 Å². The van der Waals surface area contributed by atoms with Gasteiger partial charge >= 0.3 is 11.9 Å². The number of hydrogen-bond donors (Lipinski definition) is 1. The van der Waals surface area contributed by atoms with Crippen molar-refractivity contribution in [3.63, 3.8) is 0 Å². The Morgan fingerprint density at radius 1 is 1.00 bits per heavy atom. The van der Waals surface area contributed by atoms with Crippen LogP contribution in [0.25, 0.3) is 4.85 Å². The Kier molecular flexibility index (Phi) is 4.91. The number of hydrogen-bond acceptors (Lipinski definition) is 1. The van der Waals surface area contributed by atoms with Crippen LogP contribution >= 0.6 is 0 Å². The summed E-state index contributed by atoms with van der Waals surface area (Å²) in [6.45, 7) is 7.65. The van der Waals surface area contributed by atoms with Crippen molar-refractivity contribution in [2.75, 3.05) is 0 Å². The van der Waals surface area contributed by atoms with E-state index in [4.69, 9.17) is 6.57 Å². The number of carbonyl (C=O) groups excluding carboxylic acids is 1. The summed E-state index contributed by atoms with van der Waals surface area (Å²) in [5.41, 5.74) is 2.03. The number of nitrogens with zero attached hydrogens (tertiary/aromatic N) is 1. The molecule has 2 rings (SSSR count). The number of rotatable bonds is 5. The SMILES string of the molecule is [C-]#[N+]C(Cc1ccccc1)C(=O)NCc1ccccc1. The summed E-state index contributed by atoms with van der Waals surface area (Å²) in [5.74, 6) is -0.215. The van der Waals surface area contributed by atoms with Gasteiger partial charge in [0.05, 0.1) is 6.42 Å². The number of carbonyl (C=O) groups is 1. The Bertz CT molecular complexity index is 587. The van der Waals surface area contributed by atoms with E-state index < -0.39 is 6.04 Å². The Balaban J connectivity index is 1.91. The van der Waals surface area contributed by atoms with Crippen molar-refractivity contribution in [2.24, 2.45) is 0 Å². The molecule has 0 fully saturated rings. The minimum atomic E-state index is -0.666. The maximum atomic E-state index is 12.0. The topological polar surface area (TPSA) is 33.5 Å². The molecule has 0 aromatic heterocycles. The molecule has 0 spiro atoms. The average Bonchev–Trinajstić information content (AvgIpc) is 2.52. The first-order chi connectivity index (χ1) is 9.79. The highest BCUT2D eigenvalue weighted by Gasteiger charge is 2.23. The lowest BCUT2D eigenvalue weighted by Crippen LogP contribution is -2.33. The molecule has 0 aliphatic carbocycles. The maximum Gasteiger partial charge on any atom is 0.304 e. The van der Waals surface area contributed by atoms with E-state index >= 15 is 0 Å². The minimum absolute atomic E-state index is 0.215. The van der Waals surface area contributed by atoms with Gasteiger partial charge in [0.2, 0.25) is 0 Å². The van der Waals surface area contributed by atoms with Gasteiger partial charge in [-0.15, -0.1) is 0 Å². The first-order valence-electron chi connectivity index (χ1n) is 6.51. The summed E-state index contributed by atoms with van der Waals surface area (Å²) < 4.78 is 0. The van der Waals surface area contributed by atoms with Crippen LogP contribution in [0, 0.1) is 6.57 Å². The van der Waals surface area contributed by atoms with Gasteiger partial charge < -0.3 is 10.2 Å². The molecule has 0 aliphatic heterocycles. The van der Waals surface area contributed by atoms with E-state index in [1.807, 2.05) is 60.7 Å². The second kappa shape index (κ2) is 7.10. The average molecular weight is 264 g/mol. The van der Waals surface area contributed by atoms with Gasteiger partial charge in [0.25, 0.3) is 0 Å². The van der Waals surface area contributed by atoms with Crippen LogP contribution in [0.3, 0.4) is 0 Å². The largest absolute Gasteiger partial charge is 0.345 e. The fourth-order valence-corrected chi connectivity index (χ4v) is 1.94. The van der Waals surface area contributed by atoms with Crippen molar-refractivity contribution in [3.8, 4) is 0 Å². The molecular formula is C17H16N2O. The van der Waals surface area contributed by atoms with Gasteiger partial charge in [-0.25, -0.2) is 6.57 Å². The lowest BCUT2D eigenvalue weighted by molar-refractivity contribution is -0.121. The van der Waals surface area contributed by atoms with Gasteiger partial charge in [-0.3, -0.25) is 4.79 Å². The monoisotopic (exact) mass is 264 g/mol. The molecule has 1 amide bonds. The smallest absolute Gasteiger partial charge is 0.304 e. The van der Waals surface area contributed by atoms with E-state index in [1.165, 1.54) is 0 Å². The third kappa shape index (κ3) is 3.96. The molecule has 1 atom stereocenters. The molecule has 0 bridgehead atoms. The van der Waals surface area contributed by atoms with E-state index in [0.717, 1.165) is 11.1 Å². The Morgan fingerprint density at radius 2 is 1.55 bits per heavy atom. The number of nitrogens with one attached hydrogen (secondary N) is 1. The highest BCUT2D eigenvalue weighted by molar-refractivity contribution is 5.83. The van der Waals surface area contributed by atoms with E-state index in [-0.39, 0.29) is 5.91 Å². The van der Waals surface area contributed by atoms with Gasteiger partial charge in [0.1, 0.15) is 0 Å². The molecule has 100 valence electrons. The first-order valence-corrected chi connectivity index (χ1v) is 6.51. The fraction of sp³-hybridized carbons (Fsp3) is 0.176. The van der Waals surface area contributed by atoms with Crippen LogP contribution < -0.4 is 5.32 Å². The zero-order valence-electron chi connectivity index (χ0n) is 11.1. The Hall–Kier alpha value is -2.60. The lowest BCUT2D eigenvalue weighted by atomic mass is 10.1. The van der Waals surface area contributed by atoms with Crippen LogP contribution in [-0.4, -0.2) is 11.9 Å². The molecule has 0 saturated heterocycles. The molecular weight excluding hydrogens is 248 g/mol. The molecule has 2 aromatic rings. The molecule has 0 aliphatic rings. The van der Waals surface area contributed by atoms with Crippen LogP contribution in [0.5, 0.6) is 0 Å². The zero-order chi connectivity index (χ0) is 14.2. The molecule has 1 unspecified atom stereocenters. The molecule has 2 aromatic carbocycles. The summed E-state index contributed by atoms with van der Waals surface area (Å²) in [6.07, 6.45) is 0.449. The Labute approximate surface area is 119 Å². The molecule has 0 saturated carbocycles. The van der Waals surface area contributed by atoms with Crippen LogP contribution in [0.4, 0.5) is 0 Å². The number of benzene rings is 2. The predicted molar refractivity (Wildman–Crippen MR) is 78.8 cm³/mol. The van der Waals surface area contributed by atoms with Gasteiger partial charge in [-0.1, -0.05) is 60.7 Å². The normalized spacial score (nSPS) is 11.3. The lowest BCUT2D eigenvalue weighted by Gasteiger charge is -2.07. The van der Waals surface area contributed by atoms with Crippen molar-refractivity contribution >= 4 is 5.91 Å². The number of amides is 1. The molecule has 3 nitrogen and oxygen atoms in total. The van der Waals surface area contributed by atoms with Crippen molar-refractivity contribution < 1.29 is 4.79 Å². The highest BCUT2D eigenvalue weighted by Crippen LogP contribution is 2.06. The quantitative estimate of drug-likeness (QED) is 0.828. The summed E-state index contributed by atoms with van der Waals surface area (Å²) in [7, 11) is 0. The summed E-state index contributed by atoms with van der Waals surface area (Å²) >= 11 is 0. The molecule has 1 N–H and O–H groups in total. The zero-order valence-corrected chi connectivity index (χ0v) is 11.1. The summed E-state index contributed by atoms with van der Waals surface area (Å²) in [4.78, 5) is 15.5. The molecule has 0 heterocycles. The van der Waals surface area contributed by atoms with Gasteiger partial charge in [-0.2, -0.15) is 0 Å². The van der Waals surface area contributed by atoms with E-state index in [1.54, 1.807) is 0 Å². The first kappa shape index (κ1) is 13.8. The van der Waals surface area contributed by atoms with Crippen LogP contribution in [0.15, 0.2) is 60.7 Å². The second-order valence-electron chi connectivity index (χ2n) is 4.54. The van der Waals surface area contributed by atoms with Crippen molar-refractivity contribution in [2.45, 2.75) is 19.0 Å². The second-order valence-corrected chi connectivity index (χ2v) is 4.54. The van der Waals surface area contributed by atoms with E-state index in [2.05, 4.69) is 10.2 Å². The highest BCUT2D eigenvalue weighted by atomic mass is 16.2. The molecule has 3 heteroatoms. The van der Waals surface area contributed by atoms with Crippen LogP contribution in [0.1, 0.15) is 11.1 Å². The standard InChI is InChI=1S/C17H16N2O/c1-18-16(12-14-8-4-2-5-9-14)17(20)19-13-15-10-6-3-7-11-15/h2-11,16H,12-13H2,(H,19,20). The van der Waals surface area contributed by atoms with Gasteiger partial charge in [0.15, 0.2) is 0 Å². The van der Waals surface area contributed by atoms with Gasteiger partial charge in [0, 0.05) is 6.54 Å². The van der Waals surface area contributed by atoms with Gasteiger partial charge in [-0.05, 0) is 11.1 Å². The van der Waals surface area contributed by atoms with Crippen molar-refractivity contribution in [1.29, 1.82) is 0 Å². The summed E-state index contributed by atoms with van der Waals surface area (Å²) in [6, 6.07) is 18.6. The molecule has 20 heavy (non-hydrogen) atoms. The third-order valence-corrected chi connectivity index (χ3v) is 3.04. The summed E-state index contributed by atoms with van der Waals surface area (Å²) in [5, 5.41) is 2.82. The Morgan fingerprint density at radius 3 is 2.10 bits per heavy atom. The van der Waals surface area contributed by atoms with Crippen LogP contribution in [0.2, 0.25) is 0 Å². The van der Waals surface area contributed by atoms with Crippen LogP contribution in [-0.2, 0) is 17.8 Å².